The van der Waals surface area contributed by atoms with Crippen LogP contribution in [0, 0.1) is 0 Å². The number of hydrogen-bond acceptors (Lipinski definition) is 6. The van der Waals surface area contributed by atoms with Gasteiger partial charge in [-0.1, -0.05) is 236 Å². The Hall–Kier alpha value is -2.89. The Kier molecular flexibility index (Phi) is 51.3. The molecule has 0 aromatic rings. The summed E-state index contributed by atoms with van der Waals surface area (Å²) in [4.78, 5) is 37.9. The summed E-state index contributed by atoms with van der Waals surface area (Å²) in [5.41, 5.74) is 0. The molecule has 0 radical (unpaired) electrons. The fraction of sp³-hybridized carbons (Fsp3) is 0.780. The molecule has 0 bridgehead atoms. The normalized spacial score (nSPS) is 12.5. The zero-order valence-electron chi connectivity index (χ0n) is 43.0. The van der Waals surface area contributed by atoms with Crippen LogP contribution in [0.25, 0.3) is 0 Å². The number of ether oxygens (including phenoxy) is 3. The van der Waals surface area contributed by atoms with Crippen molar-refractivity contribution in [3.63, 3.8) is 0 Å². The molecule has 0 saturated heterocycles. The first kappa shape index (κ1) is 62.1. The van der Waals surface area contributed by atoms with Crippen molar-refractivity contribution < 1.29 is 28.6 Å². The molecule has 0 N–H and O–H groups in total. The molecular weight excluding hydrogens is 805 g/mol. The van der Waals surface area contributed by atoms with Crippen molar-refractivity contribution >= 4 is 17.9 Å². The summed E-state index contributed by atoms with van der Waals surface area (Å²) in [6.45, 7) is 6.48. The van der Waals surface area contributed by atoms with Crippen LogP contribution in [0.15, 0.2) is 60.8 Å². The third kappa shape index (κ3) is 51.9. The summed E-state index contributed by atoms with van der Waals surface area (Å²) in [6.07, 6.45) is 66.6. The molecule has 0 aliphatic rings. The summed E-state index contributed by atoms with van der Waals surface area (Å²) in [5, 5.41) is 0. The van der Waals surface area contributed by atoms with E-state index in [1.165, 1.54) is 141 Å². The SMILES string of the molecule is CC/C=C\C/C=C\C/C=C\C/C=C\CCCCCCCCCCCCCCCCC(=O)OCC(COC(=O)CCCCCCCCCC)OC(=O)CCCCCCC/C=C\CCCCC. The average molecular weight is 909 g/mol. The maximum Gasteiger partial charge on any atom is 0.306 e. The lowest BCUT2D eigenvalue weighted by Gasteiger charge is -2.18. The molecule has 1 unspecified atom stereocenters. The number of rotatable bonds is 50. The Morgan fingerprint density at radius 2 is 0.600 bits per heavy atom. The lowest BCUT2D eigenvalue weighted by Crippen LogP contribution is -2.30. The van der Waals surface area contributed by atoms with Crippen LogP contribution in [-0.4, -0.2) is 37.2 Å². The second-order valence-electron chi connectivity index (χ2n) is 18.5. The molecule has 1 atom stereocenters. The molecule has 376 valence electrons. The summed E-state index contributed by atoms with van der Waals surface area (Å²) >= 11 is 0. The zero-order valence-corrected chi connectivity index (χ0v) is 43.0. The van der Waals surface area contributed by atoms with Crippen LogP contribution in [0.3, 0.4) is 0 Å². The Labute approximate surface area is 402 Å². The van der Waals surface area contributed by atoms with E-state index in [1.54, 1.807) is 0 Å². The molecule has 0 aromatic carbocycles. The minimum Gasteiger partial charge on any atom is -0.462 e. The molecule has 0 spiro atoms. The number of esters is 3. The smallest absolute Gasteiger partial charge is 0.306 e. The standard InChI is InChI=1S/C59H104O6/c1-4-7-10-13-16-19-21-23-24-25-26-27-28-29-30-31-32-33-34-35-36-37-39-40-43-46-49-52-58(61)64-55-56(54-63-57(60)51-48-45-42-18-15-12-9-6-3)65-59(62)53-50-47-44-41-38-22-20-17-14-11-8-5-2/h7,10,16-17,19-20,23-24,26-27,56H,4-6,8-9,11-15,18,21-22,25,28-55H2,1-3H3/b10-7-,19-16-,20-17-,24-23-,27-26-. The van der Waals surface area contributed by atoms with Crippen LogP contribution in [0.1, 0.15) is 278 Å². The van der Waals surface area contributed by atoms with Crippen LogP contribution in [0.4, 0.5) is 0 Å². The predicted octanol–water partition coefficient (Wildman–Crippen LogP) is 18.4. The third-order valence-electron chi connectivity index (χ3n) is 12.0. The molecule has 0 amide bonds. The van der Waals surface area contributed by atoms with Gasteiger partial charge in [0.1, 0.15) is 13.2 Å². The minimum absolute atomic E-state index is 0.0748. The highest BCUT2D eigenvalue weighted by molar-refractivity contribution is 5.71. The lowest BCUT2D eigenvalue weighted by molar-refractivity contribution is -0.167. The van der Waals surface area contributed by atoms with Crippen molar-refractivity contribution in [3.8, 4) is 0 Å². The maximum atomic E-state index is 12.7. The van der Waals surface area contributed by atoms with Gasteiger partial charge in [0.2, 0.25) is 0 Å². The van der Waals surface area contributed by atoms with Crippen molar-refractivity contribution in [1.29, 1.82) is 0 Å². The Morgan fingerprint density at radius 1 is 0.323 bits per heavy atom. The fourth-order valence-corrected chi connectivity index (χ4v) is 7.84. The van der Waals surface area contributed by atoms with Gasteiger partial charge in [-0.05, 0) is 83.5 Å². The van der Waals surface area contributed by atoms with E-state index >= 15 is 0 Å². The summed E-state index contributed by atoms with van der Waals surface area (Å²) in [5.74, 6) is -0.882. The van der Waals surface area contributed by atoms with Gasteiger partial charge in [0.05, 0.1) is 0 Å². The van der Waals surface area contributed by atoms with Crippen LogP contribution in [-0.2, 0) is 28.6 Å². The highest BCUT2D eigenvalue weighted by atomic mass is 16.6. The van der Waals surface area contributed by atoms with Gasteiger partial charge in [-0.3, -0.25) is 14.4 Å². The van der Waals surface area contributed by atoms with Crippen molar-refractivity contribution in [2.45, 2.75) is 284 Å². The van der Waals surface area contributed by atoms with Crippen molar-refractivity contribution in [2.24, 2.45) is 0 Å². The minimum atomic E-state index is -0.773. The van der Waals surface area contributed by atoms with Crippen LogP contribution in [0.5, 0.6) is 0 Å². The number of unbranched alkanes of at least 4 members (excludes halogenated alkanes) is 29. The van der Waals surface area contributed by atoms with E-state index in [4.69, 9.17) is 14.2 Å². The second-order valence-corrected chi connectivity index (χ2v) is 18.5. The molecule has 0 fully saturated rings. The second kappa shape index (κ2) is 53.7. The zero-order chi connectivity index (χ0) is 47.2. The molecular formula is C59H104O6. The predicted molar refractivity (Wildman–Crippen MR) is 279 cm³/mol. The van der Waals surface area contributed by atoms with Gasteiger partial charge in [-0.2, -0.15) is 0 Å². The van der Waals surface area contributed by atoms with E-state index in [2.05, 4.69) is 81.5 Å². The molecule has 0 heterocycles. The first-order valence-electron chi connectivity index (χ1n) is 27.8. The quantitative estimate of drug-likeness (QED) is 0.0262. The molecule has 6 nitrogen and oxygen atoms in total. The van der Waals surface area contributed by atoms with Gasteiger partial charge in [-0.25, -0.2) is 0 Å². The molecule has 0 aliphatic carbocycles. The van der Waals surface area contributed by atoms with Crippen LogP contribution in [0.2, 0.25) is 0 Å². The molecule has 0 aliphatic heterocycles. The Bertz CT molecular complexity index is 1180. The molecule has 65 heavy (non-hydrogen) atoms. The van der Waals surface area contributed by atoms with E-state index in [0.29, 0.717) is 19.3 Å². The first-order valence-corrected chi connectivity index (χ1v) is 27.8. The molecule has 0 rings (SSSR count). The maximum absolute atomic E-state index is 12.7. The van der Waals surface area contributed by atoms with Gasteiger partial charge < -0.3 is 14.2 Å². The monoisotopic (exact) mass is 909 g/mol. The van der Waals surface area contributed by atoms with Crippen molar-refractivity contribution in [2.75, 3.05) is 13.2 Å². The van der Waals surface area contributed by atoms with E-state index in [9.17, 15) is 14.4 Å². The van der Waals surface area contributed by atoms with Crippen molar-refractivity contribution in [1.82, 2.24) is 0 Å². The fourth-order valence-electron chi connectivity index (χ4n) is 7.84. The number of carbonyl (C=O) groups excluding carboxylic acids is 3. The molecule has 0 aromatic heterocycles. The highest BCUT2D eigenvalue weighted by Crippen LogP contribution is 2.16. The van der Waals surface area contributed by atoms with Gasteiger partial charge >= 0.3 is 17.9 Å². The number of allylic oxidation sites excluding steroid dienone is 10. The van der Waals surface area contributed by atoms with E-state index in [0.717, 1.165) is 96.3 Å². The van der Waals surface area contributed by atoms with Gasteiger partial charge in [-0.15, -0.1) is 0 Å². The molecule has 6 heteroatoms. The Morgan fingerprint density at radius 3 is 0.985 bits per heavy atom. The highest BCUT2D eigenvalue weighted by Gasteiger charge is 2.19. The summed E-state index contributed by atoms with van der Waals surface area (Å²) < 4.78 is 16.8. The van der Waals surface area contributed by atoms with E-state index < -0.39 is 6.10 Å². The first-order chi connectivity index (χ1) is 32.0. The van der Waals surface area contributed by atoms with Crippen LogP contribution >= 0.6 is 0 Å². The number of hydrogen-bond donors (Lipinski definition) is 0. The van der Waals surface area contributed by atoms with Gasteiger partial charge in [0.15, 0.2) is 6.10 Å². The van der Waals surface area contributed by atoms with E-state index in [-0.39, 0.29) is 31.1 Å². The van der Waals surface area contributed by atoms with Crippen molar-refractivity contribution in [3.05, 3.63) is 60.8 Å². The van der Waals surface area contributed by atoms with E-state index in [1.807, 2.05) is 0 Å². The topological polar surface area (TPSA) is 78.9 Å². The average Bonchev–Trinajstić information content (AvgIpc) is 3.30. The van der Waals surface area contributed by atoms with Gasteiger partial charge in [0.25, 0.3) is 0 Å². The number of carbonyl (C=O) groups is 3. The molecule has 0 saturated carbocycles. The Balaban J connectivity index is 4.10. The summed E-state index contributed by atoms with van der Waals surface area (Å²) in [7, 11) is 0. The van der Waals surface area contributed by atoms with Gasteiger partial charge in [0, 0.05) is 19.3 Å². The largest absolute Gasteiger partial charge is 0.462 e. The third-order valence-corrected chi connectivity index (χ3v) is 12.0. The van der Waals surface area contributed by atoms with Crippen LogP contribution < -0.4 is 0 Å². The lowest BCUT2D eigenvalue weighted by atomic mass is 10.0. The summed E-state index contributed by atoms with van der Waals surface area (Å²) in [6, 6.07) is 0.